The highest BCUT2D eigenvalue weighted by Gasteiger charge is 2.47. The SMILES string of the molecule is O=C(O)CNC(=O)c1ccc(N2C(=O)C3Cc4ccccc4CN3C2=O)cc1. The zero-order valence-corrected chi connectivity index (χ0v) is 14.8. The number of carbonyl (C=O) groups is 4. The number of imide groups is 1. The molecular formula is C20H17N3O5. The first-order chi connectivity index (χ1) is 13.5. The number of amides is 4. The van der Waals surface area contributed by atoms with E-state index in [9.17, 15) is 19.2 Å². The Balaban J connectivity index is 1.54. The second kappa shape index (κ2) is 6.80. The summed E-state index contributed by atoms with van der Waals surface area (Å²) >= 11 is 0. The Hall–Kier alpha value is -3.68. The summed E-state index contributed by atoms with van der Waals surface area (Å²) in [6.07, 6.45) is 0.479. The molecule has 2 heterocycles. The maximum absolute atomic E-state index is 12.9. The third-order valence-electron chi connectivity index (χ3n) is 4.98. The summed E-state index contributed by atoms with van der Waals surface area (Å²) in [5.74, 6) is -1.97. The third kappa shape index (κ3) is 2.98. The number of carboxylic acid groups (broad SMARTS) is 1. The lowest BCUT2D eigenvalue weighted by Crippen LogP contribution is -2.39. The molecule has 2 aromatic carbocycles. The number of carboxylic acids is 1. The van der Waals surface area contributed by atoms with Gasteiger partial charge in [0.1, 0.15) is 12.6 Å². The van der Waals surface area contributed by atoms with Gasteiger partial charge in [0.2, 0.25) is 0 Å². The molecule has 2 aliphatic rings. The monoisotopic (exact) mass is 379 g/mol. The Labute approximate surface area is 160 Å². The van der Waals surface area contributed by atoms with Gasteiger partial charge in [-0.05, 0) is 35.4 Å². The van der Waals surface area contributed by atoms with Crippen LogP contribution in [0.5, 0.6) is 0 Å². The summed E-state index contributed by atoms with van der Waals surface area (Å²) in [7, 11) is 0. The second-order valence-corrected chi connectivity index (χ2v) is 6.70. The highest BCUT2D eigenvalue weighted by molar-refractivity contribution is 6.21. The number of anilines is 1. The van der Waals surface area contributed by atoms with Gasteiger partial charge in [-0.3, -0.25) is 14.4 Å². The van der Waals surface area contributed by atoms with E-state index in [2.05, 4.69) is 5.32 Å². The number of nitrogens with zero attached hydrogens (tertiary/aromatic N) is 2. The highest BCUT2D eigenvalue weighted by Crippen LogP contribution is 2.32. The lowest BCUT2D eigenvalue weighted by Gasteiger charge is -2.28. The van der Waals surface area contributed by atoms with Crippen molar-refractivity contribution >= 4 is 29.5 Å². The summed E-state index contributed by atoms with van der Waals surface area (Å²) in [5, 5.41) is 10.9. The maximum atomic E-state index is 12.9. The number of nitrogens with one attached hydrogen (secondary N) is 1. The minimum atomic E-state index is -1.14. The Morgan fingerprint density at radius 1 is 1.04 bits per heavy atom. The predicted molar refractivity (Wildman–Crippen MR) is 98.8 cm³/mol. The Kier molecular flexibility index (Phi) is 4.31. The first-order valence-corrected chi connectivity index (χ1v) is 8.77. The summed E-state index contributed by atoms with van der Waals surface area (Å²) in [4.78, 5) is 50.9. The van der Waals surface area contributed by atoms with Crippen molar-refractivity contribution in [1.29, 1.82) is 0 Å². The van der Waals surface area contributed by atoms with Gasteiger partial charge in [-0.15, -0.1) is 0 Å². The molecule has 0 aliphatic carbocycles. The zero-order chi connectivity index (χ0) is 19.8. The number of urea groups is 1. The van der Waals surface area contributed by atoms with Crippen molar-refractivity contribution in [2.24, 2.45) is 0 Å². The van der Waals surface area contributed by atoms with Gasteiger partial charge < -0.3 is 15.3 Å². The zero-order valence-electron chi connectivity index (χ0n) is 14.8. The van der Waals surface area contributed by atoms with Crippen LogP contribution in [0, 0.1) is 0 Å². The van der Waals surface area contributed by atoms with Gasteiger partial charge in [0.05, 0.1) is 5.69 Å². The molecule has 142 valence electrons. The minimum Gasteiger partial charge on any atom is -0.480 e. The van der Waals surface area contributed by atoms with Crippen LogP contribution in [0.15, 0.2) is 48.5 Å². The van der Waals surface area contributed by atoms with Crippen LogP contribution in [0.4, 0.5) is 10.5 Å². The summed E-state index contributed by atoms with van der Waals surface area (Å²) < 4.78 is 0. The van der Waals surface area contributed by atoms with E-state index in [-0.39, 0.29) is 17.5 Å². The van der Waals surface area contributed by atoms with E-state index >= 15 is 0 Å². The van der Waals surface area contributed by atoms with Crippen molar-refractivity contribution in [1.82, 2.24) is 10.2 Å². The van der Waals surface area contributed by atoms with Crippen molar-refractivity contribution in [2.45, 2.75) is 19.0 Å². The maximum Gasteiger partial charge on any atom is 0.332 e. The van der Waals surface area contributed by atoms with E-state index in [0.29, 0.717) is 18.7 Å². The van der Waals surface area contributed by atoms with E-state index in [1.165, 1.54) is 24.3 Å². The number of rotatable bonds is 4. The molecule has 8 heteroatoms. The van der Waals surface area contributed by atoms with E-state index in [4.69, 9.17) is 5.11 Å². The van der Waals surface area contributed by atoms with Gasteiger partial charge in [0.15, 0.2) is 0 Å². The molecule has 4 rings (SSSR count). The molecule has 0 radical (unpaired) electrons. The molecule has 1 fully saturated rings. The first kappa shape index (κ1) is 17.7. The average molecular weight is 379 g/mol. The second-order valence-electron chi connectivity index (χ2n) is 6.70. The number of carbonyl (C=O) groups excluding carboxylic acids is 3. The topological polar surface area (TPSA) is 107 Å². The van der Waals surface area contributed by atoms with Crippen molar-refractivity contribution in [3.05, 3.63) is 65.2 Å². The fraction of sp³-hybridized carbons (Fsp3) is 0.200. The summed E-state index contributed by atoms with van der Waals surface area (Å²) in [6.45, 7) is -0.0987. The van der Waals surface area contributed by atoms with E-state index < -0.39 is 24.5 Å². The van der Waals surface area contributed by atoms with Gasteiger partial charge in [-0.25, -0.2) is 9.69 Å². The molecule has 0 saturated carbocycles. The van der Waals surface area contributed by atoms with Crippen LogP contribution < -0.4 is 10.2 Å². The van der Waals surface area contributed by atoms with Crippen LogP contribution in [0.3, 0.4) is 0 Å². The number of hydrogen-bond donors (Lipinski definition) is 2. The smallest absolute Gasteiger partial charge is 0.332 e. The minimum absolute atomic E-state index is 0.245. The van der Waals surface area contributed by atoms with Gasteiger partial charge in [-0.2, -0.15) is 0 Å². The van der Waals surface area contributed by atoms with Crippen LogP contribution in [-0.4, -0.2) is 46.4 Å². The summed E-state index contributed by atoms with van der Waals surface area (Å²) in [5.41, 5.74) is 2.72. The normalized spacial score (nSPS) is 17.9. The Bertz CT molecular complexity index is 943. The van der Waals surface area contributed by atoms with Crippen molar-refractivity contribution in [3.63, 3.8) is 0 Å². The quantitative estimate of drug-likeness (QED) is 0.781. The van der Waals surface area contributed by atoms with Gasteiger partial charge in [0, 0.05) is 18.5 Å². The largest absolute Gasteiger partial charge is 0.480 e. The van der Waals surface area contributed by atoms with Crippen LogP contribution in [0.2, 0.25) is 0 Å². The molecule has 8 nitrogen and oxygen atoms in total. The number of fused-ring (bicyclic) bond motifs is 2. The Morgan fingerprint density at radius 2 is 1.71 bits per heavy atom. The van der Waals surface area contributed by atoms with Gasteiger partial charge in [-0.1, -0.05) is 24.3 Å². The average Bonchev–Trinajstić information content (AvgIpc) is 2.94. The van der Waals surface area contributed by atoms with E-state index in [1.807, 2.05) is 24.3 Å². The fourth-order valence-corrected chi connectivity index (χ4v) is 3.57. The first-order valence-electron chi connectivity index (χ1n) is 8.77. The van der Waals surface area contributed by atoms with E-state index in [1.54, 1.807) is 4.90 Å². The molecule has 0 spiro atoms. The fourth-order valence-electron chi connectivity index (χ4n) is 3.57. The molecule has 2 N–H and O–H groups in total. The molecule has 2 aromatic rings. The third-order valence-corrected chi connectivity index (χ3v) is 4.98. The van der Waals surface area contributed by atoms with Crippen LogP contribution >= 0.6 is 0 Å². The number of aliphatic carboxylic acids is 1. The Morgan fingerprint density at radius 3 is 2.39 bits per heavy atom. The van der Waals surface area contributed by atoms with Crippen molar-refractivity contribution < 1.29 is 24.3 Å². The molecule has 4 amide bonds. The number of benzene rings is 2. The molecule has 0 aromatic heterocycles. The molecular weight excluding hydrogens is 362 g/mol. The molecule has 1 atom stereocenters. The molecule has 1 saturated heterocycles. The summed E-state index contributed by atoms with van der Waals surface area (Å²) in [6, 6.07) is 12.8. The van der Waals surface area contributed by atoms with Gasteiger partial charge in [0.25, 0.3) is 11.8 Å². The van der Waals surface area contributed by atoms with Crippen LogP contribution in [-0.2, 0) is 22.6 Å². The lowest BCUT2D eigenvalue weighted by molar-refractivity contribution is -0.135. The van der Waals surface area contributed by atoms with Crippen LogP contribution in [0.25, 0.3) is 0 Å². The highest BCUT2D eigenvalue weighted by atomic mass is 16.4. The predicted octanol–water partition coefficient (Wildman–Crippen LogP) is 1.39. The lowest BCUT2D eigenvalue weighted by atomic mass is 9.95. The van der Waals surface area contributed by atoms with E-state index in [0.717, 1.165) is 16.0 Å². The molecule has 0 bridgehead atoms. The molecule has 1 unspecified atom stereocenters. The van der Waals surface area contributed by atoms with Crippen molar-refractivity contribution in [3.8, 4) is 0 Å². The van der Waals surface area contributed by atoms with Gasteiger partial charge >= 0.3 is 12.0 Å². The standard InChI is InChI=1S/C20H17N3O5/c24-17(25)10-21-18(26)12-5-7-15(8-6-12)23-19(27)16-9-13-3-1-2-4-14(13)11-22(16)20(23)28/h1-8,16H,9-11H2,(H,21,26)(H,24,25). The van der Waals surface area contributed by atoms with Crippen molar-refractivity contribution in [2.75, 3.05) is 11.4 Å². The molecule has 28 heavy (non-hydrogen) atoms. The molecule has 2 aliphatic heterocycles. The van der Waals surface area contributed by atoms with Crippen LogP contribution in [0.1, 0.15) is 21.5 Å². The number of hydrogen-bond acceptors (Lipinski definition) is 4.